The highest BCUT2D eigenvalue weighted by Gasteiger charge is 2.24. The van der Waals surface area contributed by atoms with Gasteiger partial charge >= 0.3 is 0 Å². The summed E-state index contributed by atoms with van der Waals surface area (Å²) in [6.07, 6.45) is 6.08. The predicted molar refractivity (Wildman–Crippen MR) is 166 cm³/mol. The average Bonchev–Trinajstić information content (AvgIpc) is 3.00. The van der Waals surface area contributed by atoms with E-state index in [0.29, 0.717) is 35.6 Å². The normalized spacial score (nSPS) is 17.4. The van der Waals surface area contributed by atoms with Crippen LogP contribution in [-0.4, -0.2) is 42.2 Å². The minimum Gasteiger partial charge on any atom is -0.489 e. The smallest absolute Gasteiger partial charge is 0.248 e. The zero-order chi connectivity index (χ0) is 29.8. The fourth-order valence-corrected chi connectivity index (χ4v) is 4.96. The quantitative estimate of drug-likeness (QED) is 0.142. The number of benzene rings is 2. The second kappa shape index (κ2) is 16.4. The number of hydrogen-bond acceptors (Lipinski definition) is 5. The molecule has 8 heteroatoms. The van der Waals surface area contributed by atoms with Gasteiger partial charge < -0.3 is 20.5 Å². The van der Waals surface area contributed by atoms with E-state index < -0.39 is 6.04 Å². The minimum atomic E-state index is -0.516. The highest BCUT2D eigenvalue weighted by Crippen LogP contribution is 2.29. The van der Waals surface area contributed by atoms with Crippen molar-refractivity contribution in [3.8, 4) is 6.07 Å². The molecule has 41 heavy (non-hydrogen) atoms. The first kappa shape index (κ1) is 32.4. The molecule has 1 aliphatic rings. The van der Waals surface area contributed by atoms with E-state index in [1.54, 1.807) is 18.2 Å². The molecule has 1 aliphatic heterocycles. The number of nitrogens with zero attached hydrogens (tertiary/aromatic N) is 1. The van der Waals surface area contributed by atoms with E-state index in [-0.39, 0.29) is 30.5 Å². The Bertz CT molecular complexity index is 1290. The molecule has 0 fully saturated rings. The molecule has 2 unspecified atom stereocenters. The molecule has 6 nitrogen and oxygen atoms in total. The Labute approximate surface area is 253 Å². The van der Waals surface area contributed by atoms with E-state index in [1.165, 1.54) is 11.1 Å². The molecular weight excluding hydrogens is 557 g/mol. The van der Waals surface area contributed by atoms with Gasteiger partial charge in [0, 0.05) is 22.2 Å². The fraction of sp³-hybridized carbons (Fsp3) is 0.394. The van der Waals surface area contributed by atoms with Crippen LogP contribution in [0, 0.1) is 18.3 Å². The van der Waals surface area contributed by atoms with E-state index in [0.717, 1.165) is 29.7 Å². The molecule has 3 atom stereocenters. The number of nitriles is 1. The Balaban J connectivity index is 1.68. The van der Waals surface area contributed by atoms with Gasteiger partial charge in [0.1, 0.15) is 11.9 Å². The van der Waals surface area contributed by atoms with Crippen LogP contribution in [0.25, 0.3) is 0 Å². The standard InChI is InChI=1S/C33H39Cl2N3O3/c1-4-31(35)30(32-7-5-6-29(41-32)20-37-23(3)26-14-8-22(2)9-15-26)17-27(18-34)33(40)38-28(21-39)16-24-10-12-25(19-36)13-11-24/h6,8-15,17,23,28,32,37,39H,4-5,7,16,18,20-21H2,1-3H3,(H,38,40)/b27-17+,31-30-/t23?,28-,32?/m1/s1. The van der Waals surface area contributed by atoms with Crippen molar-refractivity contribution in [1.29, 1.82) is 5.26 Å². The molecule has 1 heterocycles. The zero-order valence-electron chi connectivity index (χ0n) is 23.9. The summed E-state index contributed by atoms with van der Waals surface area (Å²) in [5, 5.41) is 26.0. The Kier molecular flexibility index (Phi) is 13.0. The van der Waals surface area contributed by atoms with Crippen molar-refractivity contribution in [2.75, 3.05) is 19.0 Å². The van der Waals surface area contributed by atoms with Gasteiger partial charge in [-0.25, -0.2) is 0 Å². The van der Waals surface area contributed by atoms with E-state index in [2.05, 4.69) is 60.9 Å². The number of aryl methyl sites for hydroxylation is 1. The van der Waals surface area contributed by atoms with Gasteiger partial charge in [0.2, 0.25) is 5.91 Å². The third-order valence-corrected chi connectivity index (χ3v) is 7.88. The number of nitrogens with one attached hydrogen (secondary N) is 2. The number of carbonyl (C=O) groups excluding carboxylic acids is 1. The molecule has 218 valence electrons. The summed E-state index contributed by atoms with van der Waals surface area (Å²) in [6, 6.07) is 17.3. The van der Waals surface area contributed by atoms with Gasteiger partial charge in [-0.05, 0) is 74.9 Å². The summed E-state index contributed by atoms with van der Waals surface area (Å²) < 4.78 is 6.38. The lowest BCUT2D eigenvalue weighted by Gasteiger charge is -2.28. The number of allylic oxidation sites excluding steroid dienone is 2. The molecule has 0 aliphatic carbocycles. The molecule has 0 bridgehead atoms. The van der Waals surface area contributed by atoms with Gasteiger partial charge in [0.05, 0.1) is 36.7 Å². The molecule has 2 aromatic rings. The van der Waals surface area contributed by atoms with Gasteiger partial charge in [-0.3, -0.25) is 4.79 Å². The molecule has 3 N–H and O–H groups in total. The number of amides is 1. The van der Waals surface area contributed by atoms with Crippen molar-refractivity contribution >= 4 is 29.1 Å². The van der Waals surface area contributed by atoms with Crippen LogP contribution in [0.5, 0.6) is 0 Å². The Hall–Kier alpha value is -3.08. The van der Waals surface area contributed by atoms with Crippen LogP contribution in [0.2, 0.25) is 0 Å². The molecule has 0 saturated heterocycles. The van der Waals surface area contributed by atoms with Gasteiger partial charge in [-0.15, -0.1) is 11.6 Å². The summed E-state index contributed by atoms with van der Waals surface area (Å²) in [7, 11) is 0. The topological polar surface area (TPSA) is 94.4 Å². The van der Waals surface area contributed by atoms with E-state index in [9.17, 15) is 9.90 Å². The third kappa shape index (κ3) is 9.76. The maximum atomic E-state index is 13.2. The summed E-state index contributed by atoms with van der Waals surface area (Å²) in [5.74, 6) is 0.445. The van der Waals surface area contributed by atoms with Crippen molar-refractivity contribution < 1.29 is 14.6 Å². The first-order valence-electron chi connectivity index (χ1n) is 14.0. The lowest BCUT2D eigenvalue weighted by atomic mass is 9.98. The van der Waals surface area contributed by atoms with Gasteiger partial charge in [0.25, 0.3) is 0 Å². The minimum absolute atomic E-state index is 0.0245. The molecule has 0 saturated carbocycles. The van der Waals surface area contributed by atoms with Crippen molar-refractivity contribution in [3.05, 3.63) is 105 Å². The van der Waals surface area contributed by atoms with Crippen molar-refractivity contribution in [2.45, 2.75) is 64.6 Å². The number of halogens is 2. The second-order valence-electron chi connectivity index (χ2n) is 10.3. The van der Waals surface area contributed by atoms with Crippen LogP contribution in [0.3, 0.4) is 0 Å². The van der Waals surface area contributed by atoms with Crippen LogP contribution < -0.4 is 10.6 Å². The summed E-state index contributed by atoms with van der Waals surface area (Å²) >= 11 is 12.9. The molecule has 0 spiro atoms. The molecule has 0 radical (unpaired) electrons. The van der Waals surface area contributed by atoms with Crippen molar-refractivity contribution in [2.24, 2.45) is 0 Å². The maximum Gasteiger partial charge on any atom is 0.248 e. The number of alkyl halides is 1. The largest absolute Gasteiger partial charge is 0.489 e. The number of aliphatic hydroxyl groups excluding tert-OH is 1. The Morgan fingerprint density at radius 1 is 1.22 bits per heavy atom. The highest BCUT2D eigenvalue weighted by atomic mass is 35.5. The second-order valence-corrected chi connectivity index (χ2v) is 11.0. The van der Waals surface area contributed by atoms with Crippen LogP contribution in [0.1, 0.15) is 61.4 Å². The first-order valence-corrected chi connectivity index (χ1v) is 14.9. The van der Waals surface area contributed by atoms with Gasteiger partial charge in [-0.2, -0.15) is 5.26 Å². The predicted octanol–water partition coefficient (Wildman–Crippen LogP) is 6.37. The SMILES string of the molecule is CC/C(Cl)=C(\C=C(/CCl)C(=O)N[C@@H](CO)Cc1ccc(C#N)cc1)C1CCC=C(CNC(C)c2ccc(C)cc2)O1. The van der Waals surface area contributed by atoms with Crippen molar-refractivity contribution in [3.63, 3.8) is 0 Å². The van der Waals surface area contributed by atoms with Gasteiger partial charge in [-0.1, -0.05) is 60.5 Å². The number of hydrogen-bond donors (Lipinski definition) is 3. The molecule has 3 rings (SSSR count). The number of carbonyl (C=O) groups is 1. The van der Waals surface area contributed by atoms with Crippen LogP contribution in [0.4, 0.5) is 0 Å². The first-order chi connectivity index (χ1) is 19.8. The lowest BCUT2D eigenvalue weighted by molar-refractivity contribution is -0.118. The summed E-state index contributed by atoms with van der Waals surface area (Å²) in [4.78, 5) is 13.2. The number of aliphatic hydroxyl groups is 1. The summed E-state index contributed by atoms with van der Waals surface area (Å²) in [6.45, 7) is 6.49. The summed E-state index contributed by atoms with van der Waals surface area (Å²) in [5.41, 5.74) is 4.97. The lowest BCUT2D eigenvalue weighted by Crippen LogP contribution is -2.40. The number of rotatable bonds is 13. The van der Waals surface area contributed by atoms with Gasteiger partial charge in [0.15, 0.2) is 0 Å². The fourth-order valence-electron chi connectivity index (χ4n) is 4.59. The van der Waals surface area contributed by atoms with E-state index >= 15 is 0 Å². The maximum absolute atomic E-state index is 13.2. The number of ether oxygens (including phenoxy) is 1. The molecule has 1 amide bonds. The average molecular weight is 597 g/mol. The van der Waals surface area contributed by atoms with E-state index in [1.807, 2.05) is 19.1 Å². The van der Waals surface area contributed by atoms with Crippen LogP contribution in [0.15, 0.2) is 82.6 Å². The highest BCUT2D eigenvalue weighted by molar-refractivity contribution is 6.30. The Morgan fingerprint density at radius 2 is 1.93 bits per heavy atom. The monoisotopic (exact) mass is 595 g/mol. The zero-order valence-corrected chi connectivity index (χ0v) is 25.4. The third-order valence-electron chi connectivity index (χ3n) is 7.11. The molecule has 0 aromatic heterocycles. The molecular formula is C33H39Cl2N3O3. The van der Waals surface area contributed by atoms with Crippen LogP contribution >= 0.6 is 23.2 Å². The Morgan fingerprint density at radius 3 is 2.54 bits per heavy atom. The molecule has 2 aromatic carbocycles. The van der Waals surface area contributed by atoms with Crippen LogP contribution in [-0.2, 0) is 16.0 Å². The van der Waals surface area contributed by atoms with E-state index in [4.69, 9.17) is 33.2 Å². The van der Waals surface area contributed by atoms with Crippen molar-refractivity contribution in [1.82, 2.24) is 10.6 Å².